The van der Waals surface area contributed by atoms with Gasteiger partial charge in [0.2, 0.25) is 0 Å². The Morgan fingerprint density at radius 1 is 1.29 bits per heavy atom. The van der Waals surface area contributed by atoms with Crippen molar-refractivity contribution in [3.8, 4) is 0 Å². The van der Waals surface area contributed by atoms with Gasteiger partial charge in [0.15, 0.2) is 0 Å². The van der Waals surface area contributed by atoms with E-state index in [1.54, 1.807) is 6.20 Å². The normalized spacial score (nSPS) is 10.3. The second kappa shape index (κ2) is 4.53. The molecule has 0 aliphatic carbocycles. The molecule has 0 amide bonds. The van der Waals surface area contributed by atoms with Crippen LogP contribution < -0.4 is 0 Å². The Morgan fingerprint density at radius 3 is 2.86 bits per heavy atom. The Morgan fingerprint density at radius 2 is 2.07 bits per heavy atom. The average molecular weight is 210 g/mol. The van der Waals surface area contributed by atoms with E-state index in [9.17, 15) is 0 Å². The SMILES string of the molecule is Cl.ON=Cc1cnnc2ccccc12. The zero-order valence-electron chi connectivity index (χ0n) is 7.16. The van der Waals surface area contributed by atoms with E-state index in [0.29, 0.717) is 0 Å². The highest BCUT2D eigenvalue weighted by Crippen LogP contribution is 2.12. The molecule has 0 radical (unpaired) electrons. The minimum absolute atomic E-state index is 0. The molecule has 72 valence electrons. The number of hydrogen-bond donors (Lipinski definition) is 1. The van der Waals surface area contributed by atoms with Gasteiger partial charge < -0.3 is 5.21 Å². The first kappa shape index (κ1) is 10.4. The molecule has 2 rings (SSSR count). The maximum atomic E-state index is 8.40. The molecule has 0 bridgehead atoms. The predicted octanol–water partition coefficient (Wildman–Crippen LogP) is 1.86. The third-order valence-corrected chi connectivity index (χ3v) is 1.77. The first-order chi connectivity index (χ1) is 6.42. The van der Waals surface area contributed by atoms with Gasteiger partial charge in [-0.2, -0.15) is 10.2 Å². The van der Waals surface area contributed by atoms with Crippen molar-refractivity contribution in [3.05, 3.63) is 36.0 Å². The number of fused-ring (bicyclic) bond motifs is 1. The first-order valence-corrected chi connectivity index (χ1v) is 3.79. The van der Waals surface area contributed by atoms with Gasteiger partial charge in [-0.05, 0) is 6.07 Å². The highest BCUT2D eigenvalue weighted by molar-refractivity contribution is 5.97. The Labute approximate surface area is 86.7 Å². The minimum Gasteiger partial charge on any atom is -0.411 e. The fourth-order valence-electron chi connectivity index (χ4n) is 1.19. The standard InChI is InChI=1S/C9H7N3O.ClH/c13-11-6-7-5-10-12-9-4-2-1-3-8(7)9;/h1-6,13H;1H. The number of rotatable bonds is 1. The van der Waals surface area contributed by atoms with Gasteiger partial charge in [-0.1, -0.05) is 23.4 Å². The summed E-state index contributed by atoms with van der Waals surface area (Å²) in [7, 11) is 0. The molecular formula is C9H8ClN3O. The predicted molar refractivity (Wildman–Crippen MR) is 56.2 cm³/mol. The lowest BCUT2D eigenvalue weighted by Crippen LogP contribution is -1.89. The summed E-state index contributed by atoms with van der Waals surface area (Å²) in [6.45, 7) is 0. The van der Waals surface area contributed by atoms with Crippen molar-refractivity contribution in [2.75, 3.05) is 0 Å². The van der Waals surface area contributed by atoms with E-state index < -0.39 is 0 Å². The summed E-state index contributed by atoms with van der Waals surface area (Å²) in [6.07, 6.45) is 2.90. The largest absolute Gasteiger partial charge is 0.411 e. The zero-order chi connectivity index (χ0) is 9.10. The maximum absolute atomic E-state index is 8.40. The van der Waals surface area contributed by atoms with Crippen molar-refractivity contribution < 1.29 is 5.21 Å². The Kier molecular flexibility index (Phi) is 3.36. The van der Waals surface area contributed by atoms with Crippen molar-refractivity contribution in [2.24, 2.45) is 5.16 Å². The number of nitrogens with zero attached hydrogens (tertiary/aromatic N) is 3. The first-order valence-electron chi connectivity index (χ1n) is 3.79. The fourth-order valence-corrected chi connectivity index (χ4v) is 1.19. The molecule has 0 atom stereocenters. The molecule has 2 aromatic rings. The number of hydrogen-bond acceptors (Lipinski definition) is 4. The van der Waals surface area contributed by atoms with Gasteiger partial charge in [-0.3, -0.25) is 0 Å². The lowest BCUT2D eigenvalue weighted by atomic mass is 10.1. The van der Waals surface area contributed by atoms with Crippen molar-refractivity contribution in [3.63, 3.8) is 0 Å². The van der Waals surface area contributed by atoms with Gasteiger partial charge in [0.25, 0.3) is 0 Å². The quantitative estimate of drug-likeness (QED) is 0.443. The third-order valence-electron chi connectivity index (χ3n) is 1.77. The molecular weight excluding hydrogens is 202 g/mol. The van der Waals surface area contributed by atoms with Crippen LogP contribution in [0, 0.1) is 0 Å². The Hall–Kier alpha value is -1.68. The van der Waals surface area contributed by atoms with Crippen molar-refractivity contribution in [2.45, 2.75) is 0 Å². The van der Waals surface area contributed by atoms with Crippen LogP contribution in [0.1, 0.15) is 5.56 Å². The number of aromatic nitrogens is 2. The van der Waals surface area contributed by atoms with Crippen molar-refractivity contribution in [1.82, 2.24) is 10.2 Å². The molecule has 4 nitrogen and oxygen atoms in total. The lowest BCUT2D eigenvalue weighted by Gasteiger charge is -1.97. The topological polar surface area (TPSA) is 58.4 Å². The summed E-state index contributed by atoms with van der Waals surface area (Å²) in [5.41, 5.74) is 1.55. The average Bonchev–Trinajstić information content (AvgIpc) is 2.19. The van der Waals surface area contributed by atoms with Crippen LogP contribution in [0.25, 0.3) is 10.9 Å². The summed E-state index contributed by atoms with van der Waals surface area (Å²) in [5, 5.41) is 20.0. The van der Waals surface area contributed by atoms with Gasteiger partial charge >= 0.3 is 0 Å². The van der Waals surface area contributed by atoms with Gasteiger partial charge in [0.1, 0.15) is 0 Å². The number of halogens is 1. The fraction of sp³-hybridized carbons (Fsp3) is 0. The van der Waals surface area contributed by atoms with Crippen LogP contribution in [-0.2, 0) is 0 Å². The summed E-state index contributed by atoms with van der Waals surface area (Å²) in [5.74, 6) is 0. The molecule has 0 saturated carbocycles. The molecule has 0 aliphatic rings. The van der Waals surface area contributed by atoms with Crippen molar-refractivity contribution >= 4 is 29.5 Å². The highest BCUT2D eigenvalue weighted by Gasteiger charge is 1.98. The van der Waals surface area contributed by atoms with Gasteiger partial charge in [-0.25, -0.2) is 0 Å². The van der Waals surface area contributed by atoms with E-state index in [2.05, 4.69) is 15.4 Å². The molecule has 1 heterocycles. The van der Waals surface area contributed by atoms with Crippen LogP contribution in [-0.4, -0.2) is 21.6 Å². The third kappa shape index (κ3) is 1.80. The van der Waals surface area contributed by atoms with Crippen LogP contribution in [0.15, 0.2) is 35.6 Å². The highest BCUT2D eigenvalue weighted by atomic mass is 35.5. The molecule has 14 heavy (non-hydrogen) atoms. The van der Waals surface area contributed by atoms with E-state index in [1.165, 1.54) is 6.21 Å². The lowest BCUT2D eigenvalue weighted by molar-refractivity contribution is 0.322. The molecule has 5 heteroatoms. The monoisotopic (exact) mass is 209 g/mol. The molecule has 0 spiro atoms. The molecule has 0 saturated heterocycles. The molecule has 0 fully saturated rings. The molecule has 1 aromatic carbocycles. The minimum atomic E-state index is 0. The van der Waals surface area contributed by atoms with E-state index in [0.717, 1.165) is 16.5 Å². The molecule has 0 unspecified atom stereocenters. The van der Waals surface area contributed by atoms with Crippen LogP contribution in [0.5, 0.6) is 0 Å². The van der Waals surface area contributed by atoms with E-state index in [-0.39, 0.29) is 12.4 Å². The molecule has 1 N–H and O–H groups in total. The summed E-state index contributed by atoms with van der Waals surface area (Å²) >= 11 is 0. The summed E-state index contributed by atoms with van der Waals surface area (Å²) < 4.78 is 0. The van der Waals surface area contributed by atoms with E-state index >= 15 is 0 Å². The van der Waals surface area contributed by atoms with Gasteiger partial charge in [0.05, 0.1) is 17.9 Å². The maximum Gasteiger partial charge on any atom is 0.0936 e. The van der Waals surface area contributed by atoms with Crippen molar-refractivity contribution in [1.29, 1.82) is 0 Å². The van der Waals surface area contributed by atoms with Gasteiger partial charge in [-0.15, -0.1) is 12.4 Å². The Balaban J connectivity index is 0.000000980. The second-order valence-electron chi connectivity index (χ2n) is 2.56. The van der Waals surface area contributed by atoms with Crippen LogP contribution >= 0.6 is 12.4 Å². The smallest absolute Gasteiger partial charge is 0.0936 e. The van der Waals surface area contributed by atoms with E-state index in [4.69, 9.17) is 5.21 Å². The van der Waals surface area contributed by atoms with Crippen LogP contribution in [0.2, 0.25) is 0 Å². The summed E-state index contributed by atoms with van der Waals surface area (Å²) in [6, 6.07) is 7.55. The second-order valence-corrected chi connectivity index (χ2v) is 2.56. The van der Waals surface area contributed by atoms with Gasteiger partial charge in [0, 0.05) is 10.9 Å². The zero-order valence-corrected chi connectivity index (χ0v) is 7.98. The van der Waals surface area contributed by atoms with E-state index in [1.807, 2.05) is 24.3 Å². The number of oxime groups is 1. The summed E-state index contributed by atoms with van der Waals surface area (Å²) in [4.78, 5) is 0. The van der Waals surface area contributed by atoms with Crippen LogP contribution in [0.4, 0.5) is 0 Å². The number of benzene rings is 1. The molecule has 1 aromatic heterocycles. The Bertz CT molecular complexity index is 453. The van der Waals surface area contributed by atoms with Crippen LogP contribution in [0.3, 0.4) is 0 Å². The molecule has 0 aliphatic heterocycles.